The number of ketones is 1. The monoisotopic (exact) mass is 237 g/mol. The normalized spacial score (nSPS) is 11.9. The second kappa shape index (κ2) is 5.34. The molecule has 0 saturated heterocycles. The summed E-state index contributed by atoms with van der Waals surface area (Å²) in [7, 11) is 0. The van der Waals surface area contributed by atoms with Crippen LogP contribution >= 0.6 is 0 Å². The summed E-state index contributed by atoms with van der Waals surface area (Å²) in [5.74, 6) is -0.902. The fraction of sp³-hybridized carbons (Fsp3) is 0.333. The third-order valence-corrected chi connectivity index (χ3v) is 2.35. The summed E-state index contributed by atoms with van der Waals surface area (Å²) in [6.45, 7) is 2.73. The number of carbonyl (C=O) groups excluding carboxylic acids is 2. The first kappa shape index (κ1) is 13.0. The summed E-state index contributed by atoms with van der Waals surface area (Å²) in [6, 6.07) is 3.69. The van der Waals surface area contributed by atoms with Crippen molar-refractivity contribution in [2.24, 2.45) is 0 Å². The number of Topliss-reactive ketones (excluding diaryl/α,β-unsaturated/α-hetero) is 1. The zero-order valence-electron chi connectivity index (χ0n) is 9.73. The number of hydrogen-bond donors (Lipinski definition) is 3. The number of carbonyl (C=O) groups is 2. The second-order valence-electron chi connectivity index (χ2n) is 3.89. The van der Waals surface area contributed by atoms with Crippen molar-refractivity contribution in [1.82, 2.24) is 5.32 Å². The molecule has 3 N–H and O–H groups in total. The Hall–Kier alpha value is -2.04. The number of hydrogen-bond acceptors (Lipinski definition) is 4. The Kier molecular flexibility index (Phi) is 4.09. The predicted molar refractivity (Wildman–Crippen MR) is 61.8 cm³/mol. The van der Waals surface area contributed by atoms with Gasteiger partial charge in [0.15, 0.2) is 17.3 Å². The first-order valence-electron chi connectivity index (χ1n) is 5.18. The number of amides is 1. The molecule has 0 heterocycles. The molecule has 0 spiro atoms. The Balaban J connectivity index is 2.82. The lowest BCUT2D eigenvalue weighted by atomic mass is 10.0. The standard InChI is InChI=1S/C12H15NO4/c1-7(14)10(13-8(2)15)5-9-3-4-11(16)12(17)6-9/h3-4,6,10,16-17H,5H2,1-2H3,(H,13,15). The van der Waals surface area contributed by atoms with Gasteiger partial charge in [-0.3, -0.25) is 9.59 Å². The van der Waals surface area contributed by atoms with Crippen LogP contribution in [0.4, 0.5) is 0 Å². The van der Waals surface area contributed by atoms with Gasteiger partial charge >= 0.3 is 0 Å². The van der Waals surface area contributed by atoms with Crippen LogP contribution in [0.5, 0.6) is 11.5 Å². The Bertz CT molecular complexity index is 442. The molecule has 0 radical (unpaired) electrons. The maximum atomic E-state index is 11.3. The van der Waals surface area contributed by atoms with E-state index in [-0.39, 0.29) is 29.6 Å². The molecule has 5 nitrogen and oxygen atoms in total. The molecule has 5 heteroatoms. The van der Waals surface area contributed by atoms with E-state index in [0.717, 1.165) is 0 Å². The van der Waals surface area contributed by atoms with E-state index < -0.39 is 6.04 Å². The highest BCUT2D eigenvalue weighted by Gasteiger charge is 2.16. The van der Waals surface area contributed by atoms with Crippen molar-refractivity contribution in [2.45, 2.75) is 26.3 Å². The summed E-state index contributed by atoms with van der Waals surface area (Å²) in [6.07, 6.45) is 0.281. The molecule has 1 rings (SSSR count). The molecular formula is C12H15NO4. The van der Waals surface area contributed by atoms with E-state index in [1.807, 2.05) is 0 Å². The third kappa shape index (κ3) is 3.79. The topological polar surface area (TPSA) is 86.6 Å². The van der Waals surface area contributed by atoms with E-state index in [2.05, 4.69) is 5.32 Å². The number of nitrogens with one attached hydrogen (secondary N) is 1. The van der Waals surface area contributed by atoms with Crippen LogP contribution in [-0.2, 0) is 16.0 Å². The van der Waals surface area contributed by atoms with Crippen molar-refractivity contribution in [3.8, 4) is 11.5 Å². The Labute approximate surface area is 99.1 Å². The average molecular weight is 237 g/mol. The maximum absolute atomic E-state index is 11.3. The lowest BCUT2D eigenvalue weighted by Crippen LogP contribution is -2.40. The minimum absolute atomic E-state index is 0.159. The zero-order chi connectivity index (χ0) is 13.0. The first-order chi connectivity index (χ1) is 7.90. The Morgan fingerprint density at radius 1 is 1.24 bits per heavy atom. The van der Waals surface area contributed by atoms with Gasteiger partial charge in [0.1, 0.15) is 0 Å². The van der Waals surface area contributed by atoms with E-state index in [0.29, 0.717) is 5.56 Å². The van der Waals surface area contributed by atoms with Gasteiger partial charge in [0, 0.05) is 6.92 Å². The van der Waals surface area contributed by atoms with E-state index in [4.69, 9.17) is 5.11 Å². The van der Waals surface area contributed by atoms with Crippen LogP contribution in [0, 0.1) is 0 Å². The molecule has 1 atom stereocenters. The average Bonchev–Trinajstić information content (AvgIpc) is 2.21. The molecule has 1 unspecified atom stereocenters. The van der Waals surface area contributed by atoms with E-state index in [1.165, 1.54) is 26.0 Å². The number of aromatic hydroxyl groups is 2. The van der Waals surface area contributed by atoms with Crippen LogP contribution in [0.3, 0.4) is 0 Å². The zero-order valence-corrected chi connectivity index (χ0v) is 9.73. The minimum atomic E-state index is -0.614. The molecule has 92 valence electrons. The van der Waals surface area contributed by atoms with Gasteiger partial charge in [-0.15, -0.1) is 0 Å². The quantitative estimate of drug-likeness (QED) is 0.674. The van der Waals surface area contributed by atoms with E-state index in [1.54, 1.807) is 6.07 Å². The van der Waals surface area contributed by atoms with Crippen molar-refractivity contribution in [2.75, 3.05) is 0 Å². The smallest absolute Gasteiger partial charge is 0.217 e. The number of rotatable bonds is 4. The van der Waals surface area contributed by atoms with Gasteiger partial charge in [0.25, 0.3) is 0 Å². The summed E-state index contributed by atoms with van der Waals surface area (Å²) in [5, 5.41) is 21.0. The van der Waals surface area contributed by atoms with Crippen LogP contribution in [0.25, 0.3) is 0 Å². The van der Waals surface area contributed by atoms with Crippen molar-refractivity contribution in [3.05, 3.63) is 23.8 Å². The minimum Gasteiger partial charge on any atom is -0.504 e. The summed E-state index contributed by atoms with van der Waals surface area (Å²) in [4.78, 5) is 22.2. The molecule has 0 aromatic heterocycles. The van der Waals surface area contributed by atoms with Gasteiger partial charge < -0.3 is 15.5 Å². The van der Waals surface area contributed by atoms with E-state index >= 15 is 0 Å². The van der Waals surface area contributed by atoms with Crippen molar-refractivity contribution < 1.29 is 19.8 Å². The third-order valence-electron chi connectivity index (χ3n) is 2.35. The van der Waals surface area contributed by atoms with E-state index in [9.17, 15) is 14.7 Å². The molecule has 1 amide bonds. The van der Waals surface area contributed by atoms with Crippen LogP contribution in [0.15, 0.2) is 18.2 Å². The summed E-state index contributed by atoms with van der Waals surface area (Å²) < 4.78 is 0. The molecule has 0 fully saturated rings. The van der Waals surface area contributed by atoms with Crippen LogP contribution < -0.4 is 5.32 Å². The van der Waals surface area contributed by atoms with Crippen molar-refractivity contribution in [1.29, 1.82) is 0 Å². The molecule has 17 heavy (non-hydrogen) atoms. The predicted octanol–water partition coefficient (Wildman–Crippen LogP) is 0.734. The molecule has 0 aliphatic heterocycles. The highest BCUT2D eigenvalue weighted by molar-refractivity contribution is 5.86. The molecule has 1 aromatic rings. The number of phenolic OH excluding ortho intramolecular Hbond substituents is 2. The largest absolute Gasteiger partial charge is 0.504 e. The fourth-order valence-corrected chi connectivity index (χ4v) is 1.47. The summed E-state index contributed by atoms with van der Waals surface area (Å²) in [5.41, 5.74) is 0.661. The fourth-order valence-electron chi connectivity index (χ4n) is 1.47. The number of benzene rings is 1. The highest BCUT2D eigenvalue weighted by Crippen LogP contribution is 2.25. The SMILES string of the molecule is CC(=O)NC(Cc1ccc(O)c(O)c1)C(C)=O. The Morgan fingerprint density at radius 3 is 2.35 bits per heavy atom. The van der Waals surface area contributed by atoms with Gasteiger partial charge in [-0.25, -0.2) is 0 Å². The molecule has 0 aliphatic rings. The lowest BCUT2D eigenvalue weighted by Gasteiger charge is -2.14. The molecular weight excluding hydrogens is 222 g/mol. The molecule has 0 aliphatic carbocycles. The van der Waals surface area contributed by atoms with Gasteiger partial charge in [-0.2, -0.15) is 0 Å². The first-order valence-corrected chi connectivity index (χ1v) is 5.18. The second-order valence-corrected chi connectivity index (χ2v) is 3.89. The summed E-state index contributed by atoms with van der Waals surface area (Å²) >= 11 is 0. The van der Waals surface area contributed by atoms with Gasteiger partial charge in [0.2, 0.25) is 5.91 Å². The van der Waals surface area contributed by atoms with Gasteiger partial charge in [-0.05, 0) is 31.0 Å². The molecule has 0 saturated carbocycles. The van der Waals surface area contributed by atoms with Crippen LogP contribution in [0.1, 0.15) is 19.4 Å². The van der Waals surface area contributed by atoms with Crippen LogP contribution in [-0.4, -0.2) is 27.9 Å². The van der Waals surface area contributed by atoms with Gasteiger partial charge in [-0.1, -0.05) is 6.07 Å². The van der Waals surface area contributed by atoms with Gasteiger partial charge in [0.05, 0.1) is 6.04 Å². The molecule has 1 aromatic carbocycles. The number of phenols is 2. The highest BCUT2D eigenvalue weighted by atomic mass is 16.3. The van der Waals surface area contributed by atoms with Crippen molar-refractivity contribution in [3.63, 3.8) is 0 Å². The maximum Gasteiger partial charge on any atom is 0.217 e. The van der Waals surface area contributed by atoms with Crippen molar-refractivity contribution >= 4 is 11.7 Å². The Morgan fingerprint density at radius 2 is 1.88 bits per heavy atom. The lowest BCUT2D eigenvalue weighted by molar-refractivity contribution is -0.125. The van der Waals surface area contributed by atoms with Crippen LogP contribution in [0.2, 0.25) is 0 Å². The molecule has 0 bridgehead atoms.